The Bertz CT molecular complexity index is 1050. The van der Waals surface area contributed by atoms with Crippen LogP contribution in [-0.2, 0) is 14.1 Å². The van der Waals surface area contributed by atoms with E-state index >= 15 is 0 Å². The van der Waals surface area contributed by atoms with Gasteiger partial charge in [-0.15, -0.1) is 0 Å². The number of rotatable bonds is 4. The molecular formula is C20H23N5O2. The van der Waals surface area contributed by atoms with Crippen molar-refractivity contribution < 1.29 is 4.79 Å². The summed E-state index contributed by atoms with van der Waals surface area (Å²) in [5, 5.41) is 8.13. The van der Waals surface area contributed by atoms with E-state index in [0.29, 0.717) is 18.0 Å². The van der Waals surface area contributed by atoms with Crippen molar-refractivity contribution in [2.24, 2.45) is 20.0 Å². The number of nitrogens with one attached hydrogen (secondary N) is 1. The van der Waals surface area contributed by atoms with Gasteiger partial charge in [0.05, 0.1) is 11.9 Å². The molecule has 1 fully saturated rings. The Morgan fingerprint density at radius 1 is 1.30 bits per heavy atom. The largest absolute Gasteiger partial charge is 0.370 e. The molecule has 3 heterocycles. The maximum absolute atomic E-state index is 12.7. The molecule has 1 aliphatic heterocycles. The van der Waals surface area contributed by atoms with Crippen molar-refractivity contribution >= 4 is 22.5 Å². The van der Waals surface area contributed by atoms with Crippen LogP contribution in [0.4, 0.5) is 5.69 Å². The molecule has 1 N–H and O–H groups in total. The van der Waals surface area contributed by atoms with E-state index in [1.54, 1.807) is 19.3 Å². The molecule has 1 amide bonds. The maximum Gasteiger partial charge on any atom is 0.268 e. The Morgan fingerprint density at radius 2 is 2.15 bits per heavy atom. The van der Waals surface area contributed by atoms with Crippen molar-refractivity contribution in [1.29, 1.82) is 0 Å². The summed E-state index contributed by atoms with van der Waals surface area (Å²) in [6.45, 7) is 2.30. The molecule has 1 saturated heterocycles. The molecule has 4 rings (SSSR count). The molecule has 7 nitrogen and oxygen atoms in total. The number of benzene rings is 1. The Hall–Kier alpha value is -3.09. The van der Waals surface area contributed by atoms with Crippen molar-refractivity contribution in [3.63, 3.8) is 0 Å². The van der Waals surface area contributed by atoms with Crippen LogP contribution in [0.3, 0.4) is 0 Å². The number of hydrogen-bond acceptors (Lipinski definition) is 4. The number of fused-ring (bicyclic) bond motifs is 1. The Balaban J connectivity index is 1.40. The monoisotopic (exact) mass is 365 g/mol. The third-order valence-electron chi connectivity index (χ3n) is 5.33. The number of anilines is 1. The van der Waals surface area contributed by atoms with Gasteiger partial charge in [0.25, 0.3) is 11.5 Å². The first-order valence-electron chi connectivity index (χ1n) is 9.13. The Kier molecular flexibility index (Phi) is 4.43. The topological polar surface area (TPSA) is 72.2 Å². The quantitative estimate of drug-likeness (QED) is 0.761. The minimum atomic E-state index is -0.111. The third-order valence-corrected chi connectivity index (χ3v) is 5.33. The summed E-state index contributed by atoms with van der Waals surface area (Å²) in [5.41, 5.74) is 2.49. The highest BCUT2D eigenvalue weighted by molar-refractivity contribution is 6.06. The van der Waals surface area contributed by atoms with Crippen LogP contribution in [0.15, 0.2) is 47.5 Å². The van der Waals surface area contributed by atoms with Gasteiger partial charge in [-0.25, -0.2) is 4.68 Å². The predicted molar refractivity (Wildman–Crippen MR) is 105 cm³/mol. The molecule has 27 heavy (non-hydrogen) atoms. The summed E-state index contributed by atoms with van der Waals surface area (Å²) >= 11 is 0. The van der Waals surface area contributed by atoms with Crippen LogP contribution in [0.25, 0.3) is 10.9 Å². The molecular weight excluding hydrogens is 342 g/mol. The summed E-state index contributed by atoms with van der Waals surface area (Å²) in [5.74, 6) is 0.313. The van der Waals surface area contributed by atoms with Gasteiger partial charge in [-0.05, 0) is 30.5 Å². The Labute approximate surface area is 157 Å². The molecule has 0 bridgehead atoms. The lowest BCUT2D eigenvalue weighted by Gasteiger charge is -2.18. The zero-order valence-electron chi connectivity index (χ0n) is 15.6. The highest BCUT2D eigenvalue weighted by Crippen LogP contribution is 2.22. The van der Waals surface area contributed by atoms with Crippen LogP contribution < -0.4 is 15.8 Å². The van der Waals surface area contributed by atoms with E-state index < -0.39 is 0 Å². The second-order valence-corrected chi connectivity index (χ2v) is 7.15. The molecule has 0 radical (unpaired) electrons. The van der Waals surface area contributed by atoms with Crippen LogP contribution in [-0.4, -0.2) is 39.9 Å². The number of amides is 1. The van der Waals surface area contributed by atoms with Gasteiger partial charge in [0.2, 0.25) is 0 Å². The zero-order valence-corrected chi connectivity index (χ0v) is 15.6. The van der Waals surface area contributed by atoms with Crippen LogP contribution in [0, 0.1) is 5.92 Å². The van der Waals surface area contributed by atoms with E-state index in [2.05, 4.69) is 15.3 Å². The summed E-state index contributed by atoms with van der Waals surface area (Å²) in [6, 6.07) is 9.38. The lowest BCUT2D eigenvalue weighted by atomic mass is 10.1. The van der Waals surface area contributed by atoms with Gasteiger partial charge in [0.1, 0.15) is 0 Å². The smallest absolute Gasteiger partial charge is 0.268 e. The zero-order chi connectivity index (χ0) is 19.0. The van der Waals surface area contributed by atoms with E-state index in [0.717, 1.165) is 36.1 Å². The first-order valence-corrected chi connectivity index (χ1v) is 9.13. The molecule has 2 aromatic heterocycles. The predicted octanol–water partition coefficient (Wildman–Crippen LogP) is 1.53. The summed E-state index contributed by atoms with van der Waals surface area (Å²) in [4.78, 5) is 26.6. The van der Waals surface area contributed by atoms with E-state index in [1.807, 2.05) is 42.1 Å². The lowest BCUT2D eigenvalue weighted by Crippen LogP contribution is -2.31. The molecule has 1 aromatic carbocycles. The molecule has 1 aliphatic rings. The fourth-order valence-corrected chi connectivity index (χ4v) is 3.70. The molecule has 7 heteroatoms. The molecule has 0 spiro atoms. The molecule has 1 atom stereocenters. The van der Waals surface area contributed by atoms with Crippen molar-refractivity contribution in [3.05, 3.63) is 58.6 Å². The number of hydrogen-bond donors (Lipinski definition) is 1. The fraction of sp³-hybridized carbons (Fsp3) is 0.350. The highest BCUT2D eigenvalue weighted by atomic mass is 16.1. The van der Waals surface area contributed by atoms with Gasteiger partial charge < -0.3 is 14.8 Å². The molecule has 0 saturated carbocycles. The summed E-state index contributed by atoms with van der Waals surface area (Å²) in [6.07, 6.45) is 4.66. The standard InChI is InChI=1S/C20H23N5O2/c1-23-8-7-16-17(4-3-5-18(16)23)20(27)21-11-14-6-9-25(13-14)15-10-19(26)24(2)22-12-15/h3-5,7-8,10,12,14H,6,9,11,13H2,1-2H3,(H,21,27). The van der Waals surface area contributed by atoms with Gasteiger partial charge in [0.15, 0.2) is 0 Å². The van der Waals surface area contributed by atoms with Gasteiger partial charge in [-0.3, -0.25) is 9.59 Å². The summed E-state index contributed by atoms with van der Waals surface area (Å²) in [7, 11) is 3.62. The van der Waals surface area contributed by atoms with Gasteiger partial charge in [0, 0.05) is 62.5 Å². The maximum atomic E-state index is 12.7. The van der Waals surface area contributed by atoms with Gasteiger partial charge in [-0.2, -0.15) is 5.10 Å². The lowest BCUT2D eigenvalue weighted by molar-refractivity contribution is 0.0950. The fourth-order valence-electron chi connectivity index (χ4n) is 3.70. The summed E-state index contributed by atoms with van der Waals surface area (Å²) < 4.78 is 3.33. The van der Waals surface area contributed by atoms with Crippen molar-refractivity contribution in [2.45, 2.75) is 6.42 Å². The third kappa shape index (κ3) is 3.32. The van der Waals surface area contributed by atoms with Gasteiger partial charge >= 0.3 is 0 Å². The first-order chi connectivity index (χ1) is 13.0. The van der Waals surface area contributed by atoms with Crippen molar-refractivity contribution in [3.8, 4) is 0 Å². The van der Waals surface area contributed by atoms with E-state index in [-0.39, 0.29) is 11.5 Å². The molecule has 0 aliphatic carbocycles. The van der Waals surface area contributed by atoms with Gasteiger partial charge in [-0.1, -0.05) is 6.07 Å². The van der Waals surface area contributed by atoms with Crippen LogP contribution in [0.5, 0.6) is 0 Å². The number of nitrogens with zero attached hydrogens (tertiary/aromatic N) is 4. The molecule has 140 valence electrons. The van der Waals surface area contributed by atoms with Crippen LogP contribution in [0.2, 0.25) is 0 Å². The highest BCUT2D eigenvalue weighted by Gasteiger charge is 2.24. The minimum absolute atomic E-state index is 0.0412. The number of carbonyl (C=O) groups is 1. The average Bonchev–Trinajstić information content (AvgIpc) is 3.29. The van der Waals surface area contributed by atoms with Crippen molar-refractivity contribution in [1.82, 2.24) is 19.7 Å². The van der Waals surface area contributed by atoms with Crippen LogP contribution >= 0.6 is 0 Å². The van der Waals surface area contributed by atoms with E-state index in [9.17, 15) is 9.59 Å². The number of aromatic nitrogens is 3. The second kappa shape index (κ2) is 6.90. The molecule has 3 aromatic rings. The normalized spacial score (nSPS) is 16.8. The first kappa shape index (κ1) is 17.3. The molecule has 1 unspecified atom stereocenters. The number of aryl methyl sites for hydroxylation is 2. The average molecular weight is 365 g/mol. The van der Waals surface area contributed by atoms with Crippen LogP contribution in [0.1, 0.15) is 16.8 Å². The Morgan fingerprint density at radius 3 is 2.96 bits per heavy atom. The van der Waals surface area contributed by atoms with E-state index in [4.69, 9.17) is 0 Å². The second-order valence-electron chi connectivity index (χ2n) is 7.15. The van der Waals surface area contributed by atoms with Crippen molar-refractivity contribution in [2.75, 3.05) is 24.5 Å². The SMILES string of the molecule is Cn1ncc(N2CCC(CNC(=O)c3cccc4c3ccn4C)C2)cc1=O. The number of carbonyl (C=O) groups excluding carboxylic acids is 1. The minimum Gasteiger partial charge on any atom is -0.370 e. The van der Waals surface area contributed by atoms with E-state index in [1.165, 1.54) is 4.68 Å².